The highest BCUT2D eigenvalue weighted by Crippen LogP contribution is 2.33. The number of halogens is 1. The summed E-state index contributed by atoms with van der Waals surface area (Å²) in [5, 5.41) is 2.75. The molecule has 0 bridgehead atoms. The second-order valence-electron chi connectivity index (χ2n) is 6.56. The maximum Gasteiger partial charge on any atom is 0.332 e. The first-order valence-electron chi connectivity index (χ1n) is 8.84. The highest BCUT2D eigenvalue weighted by Gasteiger charge is 2.19. The van der Waals surface area contributed by atoms with E-state index in [1.807, 2.05) is 23.6 Å². The fourth-order valence-corrected chi connectivity index (χ4v) is 4.52. The van der Waals surface area contributed by atoms with Gasteiger partial charge in [-0.1, -0.05) is 0 Å². The predicted molar refractivity (Wildman–Crippen MR) is 118 cm³/mol. The molecule has 3 heterocycles. The molecule has 9 nitrogen and oxygen atoms in total. The summed E-state index contributed by atoms with van der Waals surface area (Å²) in [6, 6.07) is 5.62. The van der Waals surface area contributed by atoms with Gasteiger partial charge in [0.25, 0.3) is 5.56 Å². The van der Waals surface area contributed by atoms with E-state index >= 15 is 0 Å². The lowest BCUT2D eigenvalue weighted by Crippen LogP contribution is -2.37. The molecule has 4 aromatic rings. The first kappa shape index (κ1) is 20.4. The van der Waals surface area contributed by atoms with Crippen molar-refractivity contribution in [2.45, 2.75) is 6.54 Å². The molecule has 0 saturated heterocycles. The van der Waals surface area contributed by atoms with Crippen LogP contribution in [0.15, 0.2) is 37.9 Å². The molecule has 4 rings (SSSR count). The van der Waals surface area contributed by atoms with E-state index in [0.717, 1.165) is 20.8 Å². The number of nitrogens with zero attached hydrogens (tertiary/aromatic N) is 5. The van der Waals surface area contributed by atoms with Crippen LogP contribution in [0.5, 0.6) is 11.5 Å². The minimum atomic E-state index is -0.433. The van der Waals surface area contributed by atoms with E-state index in [0.29, 0.717) is 28.4 Å². The van der Waals surface area contributed by atoms with Gasteiger partial charge in [0, 0.05) is 25.0 Å². The highest BCUT2D eigenvalue weighted by molar-refractivity contribution is 9.10. The smallest absolute Gasteiger partial charge is 0.332 e. The van der Waals surface area contributed by atoms with Gasteiger partial charge in [-0.15, -0.1) is 11.3 Å². The van der Waals surface area contributed by atoms with Crippen LogP contribution in [0.3, 0.4) is 0 Å². The molecule has 0 aliphatic heterocycles. The third-order valence-corrected chi connectivity index (χ3v) is 6.34. The number of hydrogen-bond acceptors (Lipinski definition) is 7. The first-order valence-corrected chi connectivity index (χ1v) is 10.5. The summed E-state index contributed by atoms with van der Waals surface area (Å²) in [6.45, 7) is 0.349. The summed E-state index contributed by atoms with van der Waals surface area (Å²) < 4.78 is 15.3. The van der Waals surface area contributed by atoms with E-state index < -0.39 is 11.2 Å². The number of hydrogen-bond donors (Lipinski definition) is 0. The fraction of sp³-hybridized carbons (Fsp3) is 0.263. The molecule has 0 unspecified atom stereocenters. The van der Waals surface area contributed by atoms with Crippen LogP contribution in [0.25, 0.3) is 21.7 Å². The molecule has 0 saturated carbocycles. The Bertz CT molecular complexity index is 1380. The zero-order valence-electron chi connectivity index (χ0n) is 16.7. The number of ether oxygens (including phenoxy) is 2. The Morgan fingerprint density at radius 2 is 1.80 bits per heavy atom. The molecule has 0 aliphatic carbocycles. The normalized spacial score (nSPS) is 11.2. The van der Waals surface area contributed by atoms with Gasteiger partial charge in [-0.2, -0.15) is 0 Å². The lowest BCUT2D eigenvalue weighted by molar-refractivity contribution is 0.355. The fourth-order valence-electron chi connectivity index (χ4n) is 3.25. The molecule has 1 aromatic carbocycles. The van der Waals surface area contributed by atoms with Crippen LogP contribution >= 0.6 is 27.3 Å². The van der Waals surface area contributed by atoms with Crippen molar-refractivity contribution in [3.05, 3.63) is 54.8 Å². The number of methoxy groups -OCH3 is 2. The van der Waals surface area contributed by atoms with Gasteiger partial charge < -0.3 is 9.47 Å². The van der Waals surface area contributed by atoms with Crippen molar-refractivity contribution >= 4 is 38.4 Å². The summed E-state index contributed by atoms with van der Waals surface area (Å²) >= 11 is 4.89. The van der Waals surface area contributed by atoms with E-state index in [-0.39, 0.29) is 5.52 Å². The average molecular weight is 492 g/mol. The summed E-state index contributed by atoms with van der Waals surface area (Å²) in [5.41, 5.74) is 1.50. The summed E-state index contributed by atoms with van der Waals surface area (Å²) in [7, 11) is 6.23. The van der Waals surface area contributed by atoms with Crippen molar-refractivity contribution in [2.75, 3.05) is 14.2 Å². The topological polar surface area (TPSA) is 93.2 Å². The predicted octanol–water partition coefficient (Wildman–Crippen LogP) is 2.39. The second kappa shape index (κ2) is 7.73. The Morgan fingerprint density at radius 1 is 1.07 bits per heavy atom. The van der Waals surface area contributed by atoms with Crippen LogP contribution in [0, 0.1) is 0 Å². The Hall–Kier alpha value is -2.92. The van der Waals surface area contributed by atoms with Gasteiger partial charge in [-0.05, 0) is 34.1 Å². The van der Waals surface area contributed by atoms with Crippen molar-refractivity contribution in [3.8, 4) is 22.1 Å². The van der Waals surface area contributed by atoms with Crippen LogP contribution in [-0.4, -0.2) is 37.9 Å². The molecular weight excluding hydrogens is 474 g/mol. The van der Waals surface area contributed by atoms with Gasteiger partial charge in [-0.3, -0.25) is 18.5 Å². The maximum atomic E-state index is 12.4. The highest BCUT2D eigenvalue weighted by atomic mass is 79.9. The number of aryl methyl sites for hydroxylation is 1. The van der Waals surface area contributed by atoms with Gasteiger partial charge in [0.15, 0.2) is 27.4 Å². The molecule has 11 heteroatoms. The minimum absolute atomic E-state index is 0.224. The molecule has 156 valence electrons. The number of imidazole rings is 1. The van der Waals surface area contributed by atoms with Gasteiger partial charge in [0.05, 0.1) is 26.5 Å². The molecule has 0 atom stereocenters. The maximum absolute atomic E-state index is 12.4. The van der Waals surface area contributed by atoms with Crippen LogP contribution in [-0.2, 0) is 20.6 Å². The van der Waals surface area contributed by atoms with Crippen molar-refractivity contribution in [1.82, 2.24) is 23.7 Å². The minimum Gasteiger partial charge on any atom is -0.493 e. The summed E-state index contributed by atoms with van der Waals surface area (Å²) in [5.74, 6) is 1.27. The molecule has 0 fully saturated rings. The van der Waals surface area contributed by atoms with E-state index in [4.69, 9.17) is 14.5 Å². The third-order valence-electron chi connectivity index (χ3n) is 4.80. The van der Waals surface area contributed by atoms with Gasteiger partial charge in [0.2, 0.25) is 0 Å². The summed E-state index contributed by atoms with van der Waals surface area (Å²) in [4.78, 5) is 33.8. The zero-order chi connectivity index (χ0) is 21.6. The zero-order valence-corrected chi connectivity index (χ0v) is 19.1. The number of rotatable bonds is 5. The molecule has 3 aromatic heterocycles. The Morgan fingerprint density at radius 3 is 2.50 bits per heavy atom. The van der Waals surface area contributed by atoms with E-state index in [9.17, 15) is 9.59 Å². The monoisotopic (exact) mass is 491 g/mol. The van der Waals surface area contributed by atoms with E-state index in [2.05, 4.69) is 20.9 Å². The third kappa shape index (κ3) is 3.23. The molecule has 30 heavy (non-hydrogen) atoms. The van der Waals surface area contributed by atoms with Crippen LogP contribution in [0.2, 0.25) is 0 Å². The van der Waals surface area contributed by atoms with Gasteiger partial charge in [0.1, 0.15) is 5.01 Å². The standard InChI is InChI=1S/C19H18BrN5O4S/c1-23-16-14(17(26)24(2)19(23)27)22-18(20)25(16)8-11-9-30-15(21-11)10-5-6-12(28-3)13(7-10)29-4/h5-7,9H,8H2,1-4H3. The molecule has 0 radical (unpaired) electrons. The largest absolute Gasteiger partial charge is 0.493 e. The van der Waals surface area contributed by atoms with Crippen molar-refractivity contribution in [1.29, 1.82) is 0 Å². The van der Waals surface area contributed by atoms with Gasteiger partial charge >= 0.3 is 5.69 Å². The van der Waals surface area contributed by atoms with Crippen molar-refractivity contribution < 1.29 is 9.47 Å². The van der Waals surface area contributed by atoms with Crippen LogP contribution < -0.4 is 20.7 Å². The Labute approximate surface area is 183 Å². The average Bonchev–Trinajstić information content (AvgIpc) is 3.35. The molecular formula is C19H18BrN5O4S. The number of fused-ring (bicyclic) bond motifs is 1. The van der Waals surface area contributed by atoms with Crippen molar-refractivity contribution in [3.63, 3.8) is 0 Å². The van der Waals surface area contributed by atoms with E-state index in [1.54, 1.807) is 25.8 Å². The van der Waals surface area contributed by atoms with E-state index in [1.165, 1.54) is 23.0 Å². The van der Waals surface area contributed by atoms with Crippen LogP contribution in [0.1, 0.15) is 5.69 Å². The Kier molecular flexibility index (Phi) is 5.24. The van der Waals surface area contributed by atoms with Gasteiger partial charge in [-0.25, -0.2) is 14.8 Å². The quantitative estimate of drug-likeness (QED) is 0.398. The first-order chi connectivity index (χ1) is 14.3. The van der Waals surface area contributed by atoms with Crippen molar-refractivity contribution in [2.24, 2.45) is 14.1 Å². The lowest BCUT2D eigenvalue weighted by atomic mass is 10.2. The molecule has 0 N–H and O–H groups in total. The number of thiazole rings is 1. The SMILES string of the molecule is COc1ccc(-c2nc(Cn3c(Br)nc4c(=O)n(C)c(=O)n(C)c43)cs2)cc1OC. The number of aromatic nitrogens is 5. The summed E-state index contributed by atoms with van der Waals surface area (Å²) in [6.07, 6.45) is 0. The lowest BCUT2D eigenvalue weighted by Gasteiger charge is -2.09. The molecule has 0 amide bonds. The van der Waals surface area contributed by atoms with Crippen LogP contribution in [0.4, 0.5) is 0 Å². The Balaban J connectivity index is 1.75. The molecule has 0 spiro atoms. The number of benzene rings is 1. The molecule has 0 aliphatic rings. The second-order valence-corrected chi connectivity index (χ2v) is 8.13.